The molecule has 0 radical (unpaired) electrons. The molecule has 0 aliphatic carbocycles. The maximum atomic E-state index is 13.2. The van der Waals surface area contributed by atoms with Crippen molar-refractivity contribution >= 4 is 10.9 Å². The Morgan fingerprint density at radius 3 is 2.12 bits per heavy atom. The summed E-state index contributed by atoms with van der Waals surface area (Å²) in [6.07, 6.45) is 0. The molecule has 0 unspecified atom stereocenters. The van der Waals surface area contributed by atoms with Gasteiger partial charge < -0.3 is 9.88 Å². The molecule has 0 spiro atoms. The maximum absolute atomic E-state index is 13.2. The number of aryl methyl sites for hydroxylation is 3. The quantitative estimate of drug-likeness (QED) is 0.839. The number of aromatic nitrogens is 1. The first-order valence-electron chi connectivity index (χ1n) is 9.15. The molecule has 0 fully saturated rings. The Hall–Kier alpha value is -1.61. The Labute approximate surface area is 146 Å². The van der Waals surface area contributed by atoms with Crippen LogP contribution in [0.25, 0.3) is 10.9 Å². The summed E-state index contributed by atoms with van der Waals surface area (Å²) < 4.78 is 0. The molecule has 2 aromatic rings. The van der Waals surface area contributed by atoms with E-state index >= 15 is 0 Å². The minimum atomic E-state index is 0.212. The summed E-state index contributed by atoms with van der Waals surface area (Å²) in [4.78, 5) is 18.1. The van der Waals surface area contributed by atoms with E-state index in [1.54, 1.807) is 0 Å². The summed E-state index contributed by atoms with van der Waals surface area (Å²) in [6, 6.07) is 4.18. The number of H-pyrrole nitrogens is 1. The molecule has 0 aliphatic heterocycles. The molecule has 132 valence electrons. The van der Waals surface area contributed by atoms with E-state index in [9.17, 15) is 4.79 Å². The predicted molar refractivity (Wildman–Crippen MR) is 103 cm³/mol. The van der Waals surface area contributed by atoms with Crippen LogP contribution in [0.2, 0.25) is 0 Å². The van der Waals surface area contributed by atoms with Gasteiger partial charge in [-0.3, -0.25) is 4.79 Å². The van der Waals surface area contributed by atoms with E-state index in [0.717, 1.165) is 47.4 Å². The lowest BCUT2D eigenvalue weighted by molar-refractivity contribution is -0.919. The molecule has 3 nitrogen and oxygen atoms in total. The van der Waals surface area contributed by atoms with Gasteiger partial charge in [0.25, 0.3) is 0 Å². The van der Waals surface area contributed by atoms with E-state index in [4.69, 9.17) is 0 Å². The largest absolute Gasteiger partial charge is 0.358 e. The van der Waals surface area contributed by atoms with Crippen molar-refractivity contribution < 1.29 is 4.90 Å². The fraction of sp³-hybridized carbons (Fsp3) is 0.571. The standard InChI is InChI=1S/C21H32N2O/c1-13(2)10-23(11-14(3)4)12-18-17(7)22-19-9-15(5)8-16(6)20(19)21(18)24/h8-9,13-14H,10-12H2,1-7H3,(H,22,24)/p+1. The maximum Gasteiger partial charge on any atom is 0.198 e. The average molecular weight is 330 g/mol. The third kappa shape index (κ3) is 4.27. The van der Waals surface area contributed by atoms with Crippen LogP contribution < -0.4 is 10.3 Å². The van der Waals surface area contributed by atoms with Crippen LogP contribution in [0.1, 0.15) is 50.1 Å². The number of quaternary nitrogens is 1. The number of rotatable bonds is 6. The van der Waals surface area contributed by atoms with Gasteiger partial charge >= 0.3 is 0 Å². The number of benzene rings is 1. The van der Waals surface area contributed by atoms with Crippen LogP contribution in [0.5, 0.6) is 0 Å². The molecular weight excluding hydrogens is 296 g/mol. The van der Waals surface area contributed by atoms with Crippen LogP contribution in [-0.2, 0) is 6.54 Å². The summed E-state index contributed by atoms with van der Waals surface area (Å²) in [6.45, 7) is 18.2. The second-order valence-electron chi connectivity index (χ2n) is 8.18. The van der Waals surface area contributed by atoms with Gasteiger partial charge in [0, 0.05) is 22.9 Å². The van der Waals surface area contributed by atoms with E-state index in [2.05, 4.69) is 51.7 Å². The van der Waals surface area contributed by atoms with Crippen LogP contribution in [-0.4, -0.2) is 18.1 Å². The number of pyridine rings is 1. The van der Waals surface area contributed by atoms with Crippen molar-refractivity contribution in [3.63, 3.8) is 0 Å². The molecule has 0 aliphatic rings. The summed E-state index contributed by atoms with van der Waals surface area (Å²) in [7, 11) is 0. The summed E-state index contributed by atoms with van der Waals surface area (Å²) in [5.74, 6) is 1.26. The van der Waals surface area contributed by atoms with Gasteiger partial charge in [0.05, 0.1) is 24.2 Å². The zero-order chi connectivity index (χ0) is 18.0. The highest BCUT2D eigenvalue weighted by Gasteiger charge is 2.19. The van der Waals surface area contributed by atoms with Gasteiger partial charge in [-0.1, -0.05) is 33.8 Å². The molecule has 0 bridgehead atoms. The van der Waals surface area contributed by atoms with Crippen molar-refractivity contribution in [2.45, 2.75) is 55.0 Å². The molecule has 24 heavy (non-hydrogen) atoms. The monoisotopic (exact) mass is 329 g/mol. The van der Waals surface area contributed by atoms with Crippen LogP contribution >= 0.6 is 0 Å². The van der Waals surface area contributed by atoms with Crippen molar-refractivity contribution in [2.24, 2.45) is 11.8 Å². The van der Waals surface area contributed by atoms with E-state index in [1.165, 1.54) is 10.5 Å². The lowest BCUT2D eigenvalue weighted by Gasteiger charge is -2.24. The third-order valence-corrected chi connectivity index (χ3v) is 4.58. The molecule has 1 aromatic heterocycles. The Balaban J connectivity index is 2.49. The molecule has 3 heteroatoms. The van der Waals surface area contributed by atoms with Gasteiger partial charge in [-0.2, -0.15) is 0 Å². The third-order valence-electron chi connectivity index (χ3n) is 4.58. The van der Waals surface area contributed by atoms with Gasteiger partial charge in [0.1, 0.15) is 6.54 Å². The van der Waals surface area contributed by atoms with Crippen molar-refractivity contribution in [1.29, 1.82) is 0 Å². The van der Waals surface area contributed by atoms with Crippen LogP contribution in [0.15, 0.2) is 16.9 Å². The molecule has 1 heterocycles. The predicted octanol–water partition coefficient (Wildman–Crippen LogP) is 3.15. The van der Waals surface area contributed by atoms with Gasteiger partial charge in [0.15, 0.2) is 5.43 Å². The lowest BCUT2D eigenvalue weighted by atomic mass is 10.0. The molecule has 2 N–H and O–H groups in total. The first-order chi connectivity index (χ1) is 11.2. The summed E-state index contributed by atoms with van der Waals surface area (Å²) >= 11 is 0. The van der Waals surface area contributed by atoms with Gasteiger partial charge in [-0.25, -0.2) is 0 Å². The number of nitrogens with one attached hydrogen (secondary N) is 2. The van der Waals surface area contributed by atoms with Crippen molar-refractivity contribution in [2.75, 3.05) is 13.1 Å². The van der Waals surface area contributed by atoms with Crippen molar-refractivity contribution in [1.82, 2.24) is 4.98 Å². The Bertz CT molecular complexity index is 761. The van der Waals surface area contributed by atoms with E-state index < -0.39 is 0 Å². The van der Waals surface area contributed by atoms with Crippen LogP contribution in [0.4, 0.5) is 0 Å². The second kappa shape index (κ2) is 7.52. The number of hydrogen-bond donors (Lipinski definition) is 2. The van der Waals surface area contributed by atoms with E-state index in [0.29, 0.717) is 11.8 Å². The molecule has 0 amide bonds. The first-order valence-corrected chi connectivity index (χ1v) is 9.15. The summed E-state index contributed by atoms with van der Waals surface area (Å²) in [5, 5.41) is 0.856. The second-order valence-corrected chi connectivity index (χ2v) is 8.18. The topological polar surface area (TPSA) is 37.3 Å². The Morgan fingerprint density at radius 2 is 1.58 bits per heavy atom. The van der Waals surface area contributed by atoms with Gasteiger partial charge in [0.2, 0.25) is 0 Å². The van der Waals surface area contributed by atoms with Crippen molar-refractivity contribution in [3.8, 4) is 0 Å². The Kier molecular flexibility index (Phi) is 5.87. The highest BCUT2D eigenvalue weighted by molar-refractivity contribution is 5.83. The number of fused-ring (bicyclic) bond motifs is 1. The summed E-state index contributed by atoms with van der Waals surface area (Å²) in [5.41, 5.74) is 5.40. The molecular formula is C21H33N2O+. The normalized spacial score (nSPS) is 12.1. The van der Waals surface area contributed by atoms with Gasteiger partial charge in [-0.05, 0) is 38.0 Å². The molecule has 0 atom stereocenters. The minimum Gasteiger partial charge on any atom is -0.358 e. The fourth-order valence-electron chi connectivity index (χ4n) is 3.81. The minimum absolute atomic E-state index is 0.212. The Morgan fingerprint density at radius 1 is 1.00 bits per heavy atom. The van der Waals surface area contributed by atoms with Crippen molar-refractivity contribution in [3.05, 3.63) is 44.7 Å². The smallest absolute Gasteiger partial charge is 0.198 e. The highest BCUT2D eigenvalue weighted by Crippen LogP contribution is 2.17. The average Bonchev–Trinajstić information content (AvgIpc) is 2.40. The van der Waals surface area contributed by atoms with Crippen LogP contribution in [0.3, 0.4) is 0 Å². The SMILES string of the molecule is Cc1cc(C)c2c(=O)c(C[NH+](CC(C)C)CC(C)C)c(C)[nH]c2c1. The molecule has 0 saturated heterocycles. The zero-order valence-corrected chi connectivity index (χ0v) is 16.3. The number of hydrogen-bond acceptors (Lipinski definition) is 1. The zero-order valence-electron chi connectivity index (χ0n) is 16.3. The molecule has 0 saturated carbocycles. The molecule has 2 rings (SSSR count). The lowest BCUT2D eigenvalue weighted by Crippen LogP contribution is -3.12. The fourth-order valence-corrected chi connectivity index (χ4v) is 3.81. The molecule has 1 aromatic carbocycles. The van der Waals surface area contributed by atoms with E-state index in [-0.39, 0.29) is 5.43 Å². The van der Waals surface area contributed by atoms with Gasteiger partial charge in [-0.15, -0.1) is 0 Å². The number of aromatic amines is 1. The first kappa shape index (κ1) is 18.7. The highest BCUT2D eigenvalue weighted by atomic mass is 16.1. The van der Waals surface area contributed by atoms with E-state index in [1.807, 2.05) is 13.8 Å². The van der Waals surface area contributed by atoms with Crippen LogP contribution in [0, 0.1) is 32.6 Å².